The van der Waals surface area contributed by atoms with E-state index in [0.29, 0.717) is 0 Å². The Labute approximate surface area is 122 Å². The summed E-state index contributed by atoms with van der Waals surface area (Å²) in [7, 11) is -6.09. The van der Waals surface area contributed by atoms with Gasteiger partial charge in [-0.2, -0.15) is 21.6 Å². The van der Waals surface area contributed by atoms with E-state index in [0.717, 1.165) is 19.9 Å². The number of carboxylic acid groups (broad SMARTS) is 2. The van der Waals surface area contributed by atoms with Crippen molar-refractivity contribution in [3.63, 3.8) is 0 Å². The topological polar surface area (TPSA) is 118 Å². The Bertz CT molecular complexity index is 750. The number of hydrogen-bond acceptors (Lipinski definition) is 5. The van der Waals surface area contributed by atoms with E-state index >= 15 is 0 Å². The van der Waals surface area contributed by atoms with Gasteiger partial charge in [-0.15, -0.1) is 0 Å². The van der Waals surface area contributed by atoms with Gasteiger partial charge in [-0.3, -0.25) is 0 Å². The van der Waals surface area contributed by atoms with Gasteiger partial charge in [-0.25, -0.2) is 9.59 Å². The first-order chi connectivity index (χ1) is 9.79. The Morgan fingerprint density at radius 3 is 2.00 bits per heavy atom. The molecule has 0 saturated heterocycles. The number of alkyl halides is 3. The molecule has 0 aliphatic carbocycles. The highest BCUT2D eigenvalue weighted by molar-refractivity contribution is 7.88. The Kier molecular flexibility index (Phi) is 4.42. The predicted molar refractivity (Wildman–Crippen MR) is 65.4 cm³/mol. The van der Waals surface area contributed by atoms with Crippen LogP contribution in [0, 0.1) is 13.8 Å². The molecule has 0 aromatic heterocycles. The number of rotatable bonds is 4. The third-order valence-electron chi connectivity index (χ3n) is 2.65. The molecule has 11 heteroatoms. The maximum Gasteiger partial charge on any atom is 0.534 e. The van der Waals surface area contributed by atoms with Gasteiger partial charge in [0.25, 0.3) is 0 Å². The molecular formula is C11H9F3O7S. The van der Waals surface area contributed by atoms with E-state index in [1.807, 2.05) is 0 Å². The van der Waals surface area contributed by atoms with Gasteiger partial charge < -0.3 is 14.4 Å². The van der Waals surface area contributed by atoms with Crippen molar-refractivity contribution in [1.29, 1.82) is 0 Å². The van der Waals surface area contributed by atoms with Crippen molar-refractivity contribution in [3.8, 4) is 5.75 Å². The van der Waals surface area contributed by atoms with Gasteiger partial charge in [-0.1, -0.05) is 0 Å². The maximum absolute atomic E-state index is 12.3. The smallest absolute Gasteiger partial charge is 0.478 e. The summed E-state index contributed by atoms with van der Waals surface area (Å²) in [4.78, 5) is 22.1. The molecule has 0 spiro atoms. The predicted octanol–water partition coefficient (Wildman–Crippen LogP) is 1.93. The number of hydrogen-bond donors (Lipinski definition) is 2. The average molecular weight is 342 g/mol. The van der Waals surface area contributed by atoms with Crippen molar-refractivity contribution in [1.82, 2.24) is 0 Å². The molecule has 2 N–H and O–H groups in total. The molecule has 0 saturated carbocycles. The second-order valence-electron chi connectivity index (χ2n) is 4.16. The molecule has 0 radical (unpaired) electrons. The van der Waals surface area contributed by atoms with Gasteiger partial charge >= 0.3 is 27.6 Å². The molecule has 0 fully saturated rings. The van der Waals surface area contributed by atoms with E-state index < -0.39 is 50.0 Å². The Morgan fingerprint density at radius 1 is 1.14 bits per heavy atom. The van der Waals surface area contributed by atoms with Crippen LogP contribution in [0.15, 0.2) is 6.07 Å². The van der Waals surface area contributed by atoms with Crippen LogP contribution >= 0.6 is 0 Å². The minimum atomic E-state index is -6.09. The van der Waals surface area contributed by atoms with Crippen molar-refractivity contribution in [2.24, 2.45) is 0 Å². The number of carbonyl (C=O) groups is 2. The third kappa shape index (κ3) is 3.13. The van der Waals surface area contributed by atoms with E-state index in [9.17, 15) is 31.2 Å². The van der Waals surface area contributed by atoms with Crippen LogP contribution in [0.4, 0.5) is 13.2 Å². The molecule has 122 valence electrons. The molecule has 0 atom stereocenters. The zero-order chi connectivity index (χ0) is 17.5. The molecule has 0 heterocycles. The molecule has 0 aliphatic rings. The lowest BCUT2D eigenvalue weighted by Crippen LogP contribution is -2.29. The highest BCUT2D eigenvalue weighted by Crippen LogP contribution is 2.34. The fourth-order valence-electron chi connectivity index (χ4n) is 1.64. The molecule has 1 aromatic carbocycles. The number of aryl methyl sites for hydroxylation is 1. The average Bonchev–Trinajstić information content (AvgIpc) is 2.30. The minimum absolute atomic E-state index is 0.381. The summed E-state index contributed by atoms with van der Waals surface area (Å²) in [5.74, 6) is -4.42. The second-order valence-corrected chi connectivity index (χ2v) is 5.70. The normalized spacial score (nSPS) is 12.0. The summed E-state index contributed by atoms with van der Waals surface area (Å²) < 4.78 is 62.9. The maximum atomic E-state index is 12.3. The van der Waals surface area contributed by atoms with Crippen molar-refractivity contribution in [2.75, 3.05) is 0 Å². The van der Waals surface area contributed by atoms with Gasteiger partial charge in [0.1, 0.15) is 5.56 Å². The van der Waals surface area contributed by atoms with Gasteiger partial charge in [0.15, 0.2) is 5.75 Å². The monoisotopic (exact) mass is 342 g/mol. The van der Waals surface area contributed by atoms with Crippen LogP contribution in [0.25, 0.3) is 0 Å². The first-order valence-corrected chi connectivity index (χ1v) is 6.82. The lowest BCUT2D eigenvalue weighted by atomic mass is 9.98. The van der Waals surface area contributed by atoms with Crippen LogP contribution in [0.1, 0.15) is 31.8 Å². The lowest BCUT2D eigenvalue weighted by Gasteiger charge is -2.16. The second kappa shape index (κ2) is 5.48. The highest BCUT2D eigenvalue weighted by atomic mass is 32.2. The first-order valence-electron chi connectivity index (χ1n) is 5.41. The number of aromatic carboxylic acids is 2. The van der Waals surface area contributed by atoms with E-state index in [-0.39, 0.29) is 5.56 Å². The summed E-state index contributed by atoms with van der Waals surface area (Å²) in [6.45, 7) is 2.04. The van der Waals surface area contributed by atoms with Crippen LogP contribution in [0.5, 0.6) is 5.75 Å². The summed E-state index contributed by atoms with van der Waals surface area (Å²) >= 11 is 0. The first kappa shape index (κ1) is 17.8. The molecular weight excluding hydrogens is 333 g/mol. The third-order valence-corrected chi connectivity index (χ3v) is 3.60. The van der Waals surface area contributed by atoms with Crippen LogP contribution in [0.2, 0.25) is 0 Å². The molecule has 0 bridgehead atoms. The van der Waals surface area contributed by atoms with Gasteiger partial charge in [0, 0.05) is 0 Å². The quantitative estimate of drug-likeness (QED) is 0.634. The SMILES string of the molecule is Cc1cc(C(=O)O)c(C)c(C(=O)O)c1OS(=O)(=O)C(F)(F)F. The molecule has 1 aromatic rings. The van der Waals surface area contributed by atoms with Gasteiger partial charge in [0.05, 0.1) is 5.56 Å². The van der Waals surface area contributed by atoms with Crippen molar-refractivity contribution in [2.45, 2.75) is 19.4 Å². The Morgan fingerprint density at radius 2 is 1.64 bits per heavy atom. The Balaban J connectivity index is 3.67. The van der Waals surface area contributed by atoms with Crippen molar-refractivity contribution < 1.29 is 45.6 Å². The van der Waals surface area contributed by atoms with E-state index in [1.54, 1.807) is 0 Å². The summed E-state index contributed by atoms with van der Waals surface area (Å²) in [6.07, 6.45) is 0. The van der Waals surface area contributed by atoms with Gasteiger partial charge in [-0.05, 0) is 31.0 Å². The highest BCUT2D eigenvalue weighted by Gasteiger charge is 2.49. The van der Waals surface area contributed by atoms with Crippen LogP contribution in [-0.4, -0.2) is 36.1 Å². The zero-order valence-corrected chi connectivity index (χ0v) is 11.9. The van der Waals surface area contributed by atoms with E-state index in [2.05, 4.69) is 4.18 Å². The van der Waals surface area contributed by atoms with Crippen molar-refractivity contribution in [3.05, 3.63) is 28.3 Å². The van der Waals surface area contributed by atoms with Crippen molar-refractivity contribution >= 4 is 22.1 Å². The minimum Gasteiger partial charge on any atom is -0.478 e. The molecule has 7 nitrogen and oxygen atoms in total. The summed E-state index contributed by atoms with van der Waals surface area (Å²) in [5.41, 5.74) is -8.03. The molecule has 1 rings (SSSR count). The van der Waals surface area contributed by atoms with E-state index in [4.69, 9.17) is 10.2 Å². The van der Waals surface area contributed by atoms with Gasteiger partial charge in [0.2, 0.25) is 0 Å². The molecule has 22 heavy (non-hydrogen) atoms. The Hall–Kier alpha value is -2.30. The fourth-order valence-corrected chi connectivity index (χ4v) is 2.17. The molecule has 0 unspecified atom stereocenters. The van der Waals surface area contributed by atoms with Crippen LogP contribution in [0.3, 0.4) is 0 Å². The molecule has 0 aliphatic heterocycles. The molecule has 0 amide bonds. The summed E-state index contributed by atoms with van der Waals surface area (Å²) in [6, 6.07) is 0.825. The lowest BCUT2D eigenvalue weighted by molar-refractivity contribution is -0.0500. The van der Waals surface area contributed by atoms with E-state index in [1.165, 1.54) is 0 Å². The zero-order valence-electron chi connectivity index (χ0n) is 11.1. The number of halogens is 3. The fraction of sp³-hybridized carbons (Fsp3) is 0.273. The largest absolute Gasteiger partial charge is 0.534 e. The summed E-state index contributed by atoms with van der Waals surface area (Å²) in [5, 5.41) is 17.9. The van der Waals surface area contributed by atoms with Crippen LogP contribution < -0.4 is 4.18 Å². The standard InChI is InChI=1S/C11H9F3O7S/c1-4-3-6(9(15)16)5(2)7(10(17)18)8(4)21-22(19,20)11(12,13)14/h3H,1-2H3,(H,15,16)(H,17,18). The number of benzene rings is 1. The van der Waals surface area contributed by atoms with Crippen LogP contribution in [-0.2, 0) is 10.1 Å². The number of carboxylic acids is 2.